The Morgan fingerprint density at radius 2 is 1.84 bits per heavy atom. The Morgan fingerprint density at radius 3 is 2.48 bits per heavy atom. The fraction of sp³-hybridized carbons (Fsp3) is 0.200. The van der Waals surface area contributed by atoms with Crippen molar-refractivity contribution >= 4 is 29.4 Å². The molecule has 1 aromatic carbocycles. The molecule has 0 saturated carbocycles. The first-order chi connectivity index (χ1) is 14.7. The van der Waals surface area contributed by atoms with Crippen molar-refractivity contribution in [1.29, 1.82) is 0 Å². The Bertz CT molecular complexity index is 1100. The summed E-state index contributed by atoms with van der Waals surface area (Å²) < 4.78 is 37.6. The second-order valence-corrected chi connectivity index (χ2v) is 7.93. The predicted molar refractivity (Wildman–Crippen MR) is 108 cm³/mol. The average molecular weight is 447 g/mol. The third-order valence-corrected chi connectivity index (χ3v) is 5.47. The first-order valence-electron chi connectivity index (χ1n) is 9.18. The van der Waals surface area contributed by atoms with Gasteiger partial charge in [0.2, 0.25) is 0 Å². The van der Waals surface area contributed by atoms with E-state index in [2.05, 4.69) is 15.0 Å². The number of aromatic nitrogens is 3. The van der Waals surface area contributed by atoms with Crippen LogP contribution in [0.1, 0.15) is 12.5 Å². The number of aromatic amines is 1. The number of halogens is 3. The van der Waals surface area contributed by atoms with Crippen molar-refractivity contribution in [3.05, 3.63) is 60.6 Å². The highest BCUT2D eigenvalue weighted by Crippen LogP contribution is 2.38. The van der Waals surface area contributed by atoms with E-state index in [0.29, 0.717) is 11.5 Å². The molecule has 0 spiro atoms. The summed E-state index contributed by atoms with van der Waals surface area (Å²) >= 11 is -0.256. The summed E-state index contributed by atoms with van der Waals surface area (Å²) in [7, 11) is 0. The smallest absolute Gasteiger partial charge is 0.343 e. The second kappa shape index (κ2) is 8.06. The van der Waals surface area contributed by atoms with Crippen molar-refractivity contribution in [2.45, 2.75) is 29.9 Å². The number of benzene rings is 1. The molecule has 31 heavy (non-hydrogen) atoms. The SMILES string of the molecule is CC1C(=O)N(c2ccc(SC(F)(F)F)cc2)C(=O)N1Cc1ccnc(-c2ncc[nH]2)c1. The van der Waals surface area contributed by atoms with E-state index in [0.717, 1.165) is 10.5 Å². The van der Waals surface area contributed by atoms with Gasteiger partial charge in [-0.2, -0.15) is 13.2 Å². The Hall–Kier alpha value is -3.34. The molecule has 1 unspecified atom stereocenters. The van der Waals surface area contributed by atoms with Gasteiger partial charge in [-0.05, 0) is 60.6 Å². The van der Waals surface area contributed by atoms with E-state index in [1.54, 1.807) is 37.6 Å². The molecule has 7 nitrogen and oxygen atoms in total. The maximum Gasteiger partial charge on any atom is 0.446 e. The molecule has 11 heteroatoms. The zero-order chi connectivity index (χ0) is 22.2. The monoisotopic (exact) mass is 447 g/mol. The summed E-state index contributed by atoms with van der Waals surface area (Å²) in [5, 5.41) is 0. The van der Waals surface area contributed by atoms with E-state index in [4.69, 9.17) is 0 Å². The number of rotatable bonds is 5. The quantitative estimate of drug-likeness (QED) is 0.462. The number of nitrogens with zero attached hydrogens (tertiary/aromatic N) is 4. The summed E-state index contributed by atoms with van der Waals surface area (Å²) in [6, 6.07) is 7.39. The largest absolute Gasteiger partial charge is 0.446 e. The van der Waals surface area contributed by atoms with Gasteiger partial charge in [0.25, 0.3) is 5.91 Å². The standard InChI is InChI=1S/C20H16F3N5O2S/c1-12-18(29)28(14-2-4-15(5-3-14)31-20(21,22)23)19(30)27(12)11-13-6-7-24-16(10-13)17-25-8-9-26-17/h2-10,12H,11H2,1H3,(H,25,26). The van der Waals surface area contributed by atoms with E-state index in [-0.39, 0.29) is 28.9 Å². The van der Waals surface area contributed by atoms with E-state index in [1.807, 2.05) is 0 Å². The van der Waals surface area contributed by atoms with Crippen molar-refractivity contribution in [2.24, 2.45) is 0 Å². The van der Waals surface area contributed by atoms with E-state index in [9.17, 15) is 22.8 Å². The van der Waals surface area contributed by atoms with Crippen LogP contribution in [0.5, 0.6) is 0 Å². The number of hydrogen-bond donors (Lipinski definition) is 1. The lowest BCUT2D eigenvalue weighted by molar-refractivity contribution is -0.119. The van der Waals surface area contributed by atoms with Gasteiger partial charge in [-0.3, -0.25) is 9.78 Å². The number of amides is 3. The number of nitrogens with one attached hydrogen (secondary N) is 1. The van der Waals surface area contributed by atoms with Crippen LogP contribution in [0.3, 0.4) is 0 Å². The number of hydrogen-bond acceptors (Lipinski definition) is 5. The molecular weight excluding hydrogens is 431 g/mol. The normalized spacial score (nSPS) is 17.0. The van der Waals surface area contributed by atoms with Crippen LogP contribution in [0, 0.1) is 0 Å². The molecule has 3 aromatic rings. The molecule has 0 aliphatic carbocycles. The zero-order valence-corrected chi connectivity index (χ0v) is 16.9. The Balaban J connectivity index is 1.53. The number of imidazole rings is 1. The molecule has 3 amide bonds. The van der Waals surface area contributed by atoms with Gasteiger partial charge in [0.1, 0.15) is 11.7 Å². The van der Waals surface area contributed by atoms with E-state index >= 15 is 0 Å². The first-order valence-corrected chi connectivity index (χ1v) is 9.99. The summed E-state index contributed by atoms with van der Waals surface area (Å²) in [6.07, 6.45) is 4.87. The molecule has 160 valence electrons. The van der Waals surface area contributed by atoms with Crippen LogP contribution in [0.15, 0.2) is 59.9 Å². The number of urea groups is 1. The minimum atomic E-state index is -4.41. The molecule has 1 fully saturated rings. The Labute approximate surface area is 179 Å². The van der Waals surface area contributed by atoms with Crippen molar-refractivity contribution in [3.63, 3.8) is 0 Å². The molecular formula is C20H16F3N5O2S. The van der Waals surface area contributed by atoms with Gasteiger partial charge in [0.05, 0.1) is 5.69 Å². The maximum atomic E-state index is 13.0. The van der Waals surface area contributed by atoms with Crippen LogP contribution in [0.2, 0.25) is 0 Å². The zero-order valence-electron chi connectivity index (χ0n) is 16.1. The third kappa shape index (κ3) is 4.41. The van der Waals surface area contributed by atoms with E-state index < -0.39 is 23.5 Å². The molecule has 1 N–H and O–H groups in total. The third-order valence-electron chi connectivity index (χ3n) is 4.73. The van der Waals surface area contributed by atoms with Crippen LogP contribution >= 0.6 is 11.8 Å². The Morgan fingerprint density at radius 1 is 1.10 bits per heavy atom. The van der Waals surface area contributed by atoms with Gasteiger partial charge < -0.3 is 9.88 Å². The minimum Gasteiger partial charge on any atom is -0.343 e. The van der Waals surface area contributed by atoms with Crippen molar-refractivity contribution in [3.8, 4) is 11.5 Å². The minimum absolute atomic E-state index is 0.0255. The molecule has 1 saturated heterocycles. The molecule has 1 aliphatic heterocycles. The highest BCUT2D eigenvalue weighted by Gasteiger charge is 2.43. The number of anilines is 1. The molecule has 1 aliphatic rings. The number of carbonyl (C=O) groups excluding carboxylic acids is 2. The summed E-state index contributed by atoms with van der Waals surface area (Å²) in [5.41, 5.74) is -2.83. The van der Waals surface area contributed by atoms with Crippen molar-refractivity contribution < 1.29 is 22.8 Å². The molecule has 3 heterocycles. The van der Waals surface area contributed by atoms with Gasteiger partial charge in [-0.1, -0.05) is 0 Å². The first kappa shape index (κ1) is 20.9. The molecule has 0 bridgehead atoms. The number of imide groups is 1. The number of H-pyrrole nitrogens is 1. The van der Waals surface area contributed by atoms with Gasteiger partial charge in [-0.25, -0.2) is 14.7 Å². The van der Waals surface area contributed by atoms with Crippen molar-refractivity contribution in [1.82, 2.24) is 19.9 Å². The second-order valence-electron chi connectivity index (χ2n) is 6.79. The molecule has 1 atom stereocenters. The van der Waals surface area contributed by atoms with Crippen LogP contribution in [0.25, 0.3) is 11.5 Å². The maximum absolute atomic E-state index is 13.0. The highest BCUT2D eigenvalue weighted by molar-refractivity contribution is 8.00. The van der Waals surface area contributed by atoms with Crippen LogP contribution < -0.4 is 4.90 Å². The Kier molecular flexibility index (Phi) is 5.44. The van der Waals surface area contributed by atoms with Crippen LogP contribution in [-0.4, -0.2) is 43.3 Å². The molecule has 2 aromatic heterocycles. The fourth-order valence-corrected chi connectivity index (χ4v) is 3.79. The van der Waals surface area contributed by atoms with Gasteiger partial charge in [-0.15, -0.1) is 0 Å². The van der Waals surface area contributed by atoms with Crippen LogP contribution in [0.4, 0.5) is 23.7 Å². The lowest BCUT2D eigenvalue weighted by Gasteiger charge is -2.19. The van der Waals surface area contributed by atoms with Crippen molar-refractivity contribution in [2.75, 3.05) is 4.90 Å². The average Bonchev–Trinajstić information content (AvgIpc) is 3.32. The summed E-state index contributed by atoms with van der Waals surface area (Å²) in [5.74, 6) is 0.138. The highest BCUT2D eigenvalue weighted by atomic mass is 32.2. The van der Waals surface area contributed by atoms with Crippen LogP contribution in [-0.2, 0) is 11.3 Å². The van der Waals surface area contributed by atoms with Gasteiger partial charge in [0.15, 0.2) is 5.82 Å². The molecule has 4 rings (SSSR count). The lowest BCUT2D eigenvalue weighted by atomic mass is 10.2. The lowest BCUT2D eigenvalue weighted by Crippen LogP contribution is -2.33. The number of thioether (sulfide) groups is 1. The topological polar surface area (TPSA) is 82.2 Å². The fourth-order valence-electron chi connectivity index (χ4n) is 3.25. The van der Waals surface area contributed by atoms with Gasteiger partial charge >= 0.3 is 11.5 Å². The molecule has 0 radical (unpaired) electrons. The number of carbonyl (C=O) groups is 2. The van der Waals surface area contributed by atoms with E-state index in [1.165, 1.54) is 29.2 Å². The summed E-state index contributed by atoms with van der Waals surface area (Å²) in [6.45, 7) is 1.78. The summed E-state index contributed by atoms with van der Waals surface area (Å²) in [4.78, 5) is 39.4. The van der Waals surface area contributed by atoms with Gasteiger partial charge in [0, 0.05) is 30.0 Å². The predicted octanol–water partition coefficient (Wildman–Crippen LogP) is 4.44. The number of pyridine rings is 1. The number of alkyl halides is 3.